The van der Waals surface area contributed by atoms with Gasteiger partial charge >= 0.3 is 5.97 Å². The van der Waals surface area contributed by atoms with Gasteiger partial charge in [-0.3, -0.25) is 9.59 Å². The van der Waals surface area contributed by atoms with E-state index in [9.17, 15) is 9.59 Å². The molecule has 92 valence electrons. The predicted molar refractivity (Wildman–Crippen MR) is 68.8 cm³/mol. The molecule has 0 radical (unpaired) electrons. The minimum Gasteiger partial charge on any atom is -0.466 e. The van der Waals surface area contributed by atoms with Gasteiger partial charge in [-0.25, -0.2) is 0 Å². The Morgan fingerprint density at radius 1 is 1.25 bits per heavy atom. The van der Waals surface area contributed by atoms with Crippen LogP contribution in [0.4, 0.5) is 0 Å². The second-order valence-electron chi connectivity index (χ2n) is 3.82. The van der Waals surface area contributed by atoms with Gasteiger partial charge < -0.3 is 4.74 Å². The standard InChI is InChI=1S/C11H18O3S2/c1-3-14-10(13)8-11(7-9(2)12)15-5-4-6-16-11/h3-8H2,1-2H3. The summed E-state index contributed by atoms with van der Waals surface area (Å²) in [6, 6.07) is 0. The van der Waals surface area contributed by atoms with Gasteiger partial charge in [-0.05, 0) is 31.8 Å². The number of ether oxygens (including phenoxy) is 1. The van der Waals surface area contributed by atoms with E-state index in [-0.39, 0.29) is 15.8 Å². The van der Waals surface area contributed by atoms with Crippen molar-refractivity contribution in [2.45, 2.75) is 37.2 Å². The van der Waals surface area contributed by atoms with Crippen LogP contribution in [-0.2, 0) is 14.3 Å². The summed E-state index contributed by atoms with van der Waals surface area (Å²) in [5, 5.41) is 0. The summed E-state index contributed by atoms with van der Waals surface area (Å²) in [4.78, 5) is 22.8. The first-order chi connectivity index (χ1) is 7.58. The number of carbonyl (C=O) groups is 2. The van der Waals surface area contributed by atoms with Gasteiger partial charge in [0.15, 0.2) is 0 Å². The van der Waals surface area contributed by atoms with Crippen LogP contribution in [-0.4, -0.2) is 33.9 Å². The maximum absolute atomic E-state index is 11.5. The lowest BCUT2D eigenvalue weighted by Gasteiger charge is -2.34. The number of esters is 1. The highest BCUT2D eigenvalue weighted by Gasteiger charge is 2.37. The molecule has 0 aromatic rings. The highest BCUT2D eigenvalue weighted by molar-refractivity contribution is 8.18. The SMILES string of the molecule is CCOC(=O)CC1(CC(C)=O)SCCCS1. The van der Waals surface area contributed by atoms with Crippen molar-refractivity contribution in [3.05, 3.63) is 0 Å². The summed E-state index contributed by atoms with van der Waals surface area (Å²) < 4.78 is 4.71. The molecule has 0 N–H and O–H groups in total. The normalized spacial score (nSPS) is 19.1. The Balaban J connectivity index is 2.62. The molecular formula is C11H18O3S2. The van der Waals surface area contributed by atoms with Crippen molar-refractivity contribution in [2.75, 3.05) is 18.1 Å². The van der Waals surface area contributed by atoms with E-state index in [0.717, 1.165) is 17.9 Å². The molecule has 1 saturated heterocycles. The average molecular weight is 262 g/mol. The number of carbonyl (C=O) groups excluding carboxylic acids is 2. The van der Waals surface area contributed by atoms with Gasteiger partial charge in [-0.1, -0.05) is 0 Å². The fourth-order valence-electron chi connectivity index (χ4n) is 1.69. The fraction of sp³-hybridized carbons (Fsp3) is 0.818. The van der Waals surface area contributed by atoms with Crippen molar-refractivity contribution in [3.8, 4) is 0 Å². The molecule has 5 heteroatoms. The van der Waals surface area contributed by atoms with Crippen LogP contribution in [0.5, 0.6) is 0 Å². The van der Waals surface area contributed by atoms with Crippen LogP contribution in [0.1, 0.15) is 33.1 Å². The minimum atomic E-state index is -0.268. The molecule has 0 atom stereocenters. The monoisotopic (exact) mass is 262 g/mol. The average Bonchev–Trinajstić information content (AvgIpc) is 2.17. The van der Waals surface area contributed by atoms with Crippen LogP contribution in [0.3, 0.4) is 0 Å². The lowest BCUT2D eigenvalue weighted by Crippen LogP contribution is -2.31. The summed E-state index contributed by atoms with van der Waals surface area (Å²) in [5.74, 6) is 2.01. The number of ketones is 1. The van der Waals surface area contributed by atoms with Gasteiger partial charge in [0, 0.05) is 6.42 Å². The maximum Gasteiger partial charge on any atom is 0.308 e. The number of hydrogen-bond donors (Lipinski definition) is 0. The molecule has 0 amide bonds. The molecule has 1 heterocycles. The molecule has 0 aromatic heterocycles. The van der Waals surface area contributed by atoms with Crippen molar-refractivity contribution in [3.63, 3.8) is 0 Å². The van der Waals surface area contributed by atoms with Crippen LogP contribution in [0.2, 0.25) is 0 Å². The zero-order chi connectivity index (χ0) is 12.0. The van der Waals surface area contributed by atoms with Gasteiger partial charge in [-0.15, -0.1) is 23.5 Å². The van der Waals surface area contributed by atoms with Crippen molar-refractivity contribution in [1.29, 1.82) is 0 Å². The van der Waals surface area contributed by atoms with Crippen LogP contribution >= 0.6 is 23.5 Å². The first-order valence-electron chi connectivity index (χ1n) is 5.51. The molecule has 0 spiro atoms. The molecule has 0 saturated carbocycles. The topological polar surface area (TPSA) is 43.4 Å². The summed E-state index contributed by atoms with van der Waals surface area (Å²) in [6.45, 7) is 3.80. The van der Waals surface area contributed by atoms with Gasteiger partial charge in [0.05, 0.1) is 17.1 Å². The lowest BCUT2D eigenvalue weighted by atomic mass is 10.2. The van der Waals surface area contributed by atoms with Crippen LogP contribution in [0, 0.1) is 0 Å². The fourth-order valence-corrected chi connectivity index (χ4v) is 5.08. The molecule has 0 bridgehead atoms. The third kappa shape index (κ3) is 4.37. The lowest BCUT2D eigenvalue weighted by molar-refractivity contribution is -0.143. The van der Waals surface area contributed by atoms with Gasteiger partial charge in [0.1, 0.15) is 5.78 Å². The highest BCUT2D eigenvalue weighted by atomic mass is 32.2. The smallest absolute Gasteiger partial charge is 0.308 e. The first-order valence-corrected chi connectivity index (χ1v) is 7.48. The maximum atomic E-state index is 11.5. The minimum absolute atomic E-state index is 0.145. The van der Waals surface area contributed by atoms with E-state index >= 15 is 0 Å². The van der Waals surface area contributed by atoms with E-state index in [0.29, 0.717) is 19.4 Å². The summed E-state index contributed by atoms with van der Waals surface area (Å²) in [5.41, 5.74) is 0. The molecule has 0 unspecified atom stereocenters. The van der Waals surface area contributed by atoms with Gasteiger partial charge in [0.25, 0.3) is 0 Å². The molecule has 1 fully saturated rings. The van der Waals surface area contributed by atoms with Crippen molar-refractivity contribution in [1.82, 2.24) is 0 Å². The van der Waals surface area contributed by atoms with Gasteiger partial charge in [0.2, 0.25) is 0 Å². The number of hydrogen-bond acceptors (Lipinski definition) is 5. The van der Waals surface area contributed by atoms with E-state index in [4.69, 9.17) is 4.74 Å². The predicted octanol–water partition coefficient (Wildman–Crippen LogP) is 2.49. The number of thioether (sulfide) groups is 2. The molecule has 1 aliphatic rings. The van der Waals surface area contributed by atoms with E-state index < -0.39 is 0 Å². The summed E-state index contributed by atoms with van der Waals surface area (Å²) in [6.07, 6.45) is 1.95. The van der Waals surface area contributed by atoms with Crippen LogP contribution < -0.4 is 0 Å². The first kappa shape index (κ1) is 13.9. The van der Waals surface area contributed by atoms with Gasteiger partial charge in [-0.2, -0.15) is 0 Å². The van der Waals surface area contributed by atoms with Crippen LogP contribution in [0.15, 0.2) is 0 Å². The molecule has 1 rings (SSSR count). The molecular weight excluding hydrogens is 244 g/mol. The molecule has 0 aliphatic carbocycles. The summed E-state index contributed by atoms with van der Waals surface area (Å²) in [7, 11) is 0. The van der Waals surface area contributed by atoms with E-state index in [1.54, 1.807) is 37.4 Å². The quantitative estimate of drug-likeness (QED) is 0.712. The van der Waals surface area contributed by atoms with Crippen LogP contribution in [0.25, 0.3) is 0 Å². The molecule has 1 aliphatic heterocycles. The van der Waals surface area contributed by atoms with Crippen molar-refractivity contribution in [2.24, 2.45) is 0 Å². The second kappa shape index (κ2) is 6.55. The molecule has 3 nitrogen and oxygen atoms in total. The largest absolute Gasteiger partial charge is 0.466 e. The molecule has 0 aromatic carbocycles. The number of Topliss-reactive ketones (excluding diaryl/α,β-unsaturated/α-hetero) is 1. The third-order valence-electron chi connectivity index (χ3n) is 2.26. The Morgan fingerprint density at radius 3 is 2.38 bits per heavy atom. The Hall–Kier alpha value is -0.160. The second-order valence-corrected chi connectivity index (χ2v) is 7.04. The van der Waals surface area contributed by atoms with E-state index in [1.807, 2.05) is 0 Å². The number of rotatable bonds is 5. The Labute approximate surface area is 105 Å². The molecule has 16 heavy (non-hydrogen) atoms. The van der Waals surface area contributed by atoms with Crippen molar-refractivity contribution < 1.29 is 14.3 Å². The summed E-state index contributed by atoms with van der Waals surface area (Å²) >= 11 is 3.47. The zero-order valence-corrected chi connectivity index (χ0v) is 11.4. The third-order valence-corrected chi connectivity index (χ3v) is 5.58. The van der Waals surface area contributed by atoms with E-state index in [1.165, 1.54) is 0 Å². The Bertz CT molecular complexity index is 260. The highest BCUT2D eigenvalue weighted by Crippen LogP contribution is 2.47. The Kier molecular flexibility index (Phi) is 5.69. The Morgan fingerprint density at radius 2 is 1.88 bits per heavy atom. The van der Waals surface area contributed by atoms with Crippen molar-refractivity contribution >= 4 is 35.3 Å². The zero-order valence-electron chi connectivity index (χ0n) is 9.78. The van der Waals surface area contributed by atoms with E-state index in [2.05, 4.69) is 0 Å².